The summed E-state index contributed by atoms with van der Waals surface area (Å²) in [4.78, 5) is 12.2. The van der Waals surface area contributed by atoms with Gasteiger partial charge in [-0.05, 0) is 82.7 Å². The first-order chi connectivity index (χ1) is 8.95. The van der Waals surface area contributed by atoms with E-state index in [1.54, 1.807) is 0 Å². The van der Waals surface area contributed by atoms with E-state index >= 15 is 0 Å². The third-order valence-corrected chi connectivity index (χ3v) is 4.02. The summed E-state index contributed by atoms with van der Waals surface area (Å²) in [7, 11) is 0. The van der Waals surface area contributed by atoms with Crippen LogP contribution in [0.1, 0.15) is 21.5 Å². The molecule has 0 aromatic heterocycles. The van der Waals surface area contributed by atoms with Crippen molar-refractivity contribution in [2.24, 2.45) is 0 Å². The molecule has 0 saturated carbocycles. The normalized spacial score (nSPS) is 10.3. The Kier molecular flexibility index (Phi) is 4.62. The molecule has 2 aromatic rings. The second-order valence-corrected chi connectivity index (χ2v) is 6.55. The number of carbonyl (C=O) groups is 1. The maximum absolute atomic E-state index is 12.2. The van der Waals surface area contributed by atoms with E-state index in [9.17, 15) is 4.79 Å². The van der Waals surface area contributed by atoms with E-state index in [1.165, 1.54) is 0 Å². The van der Waals surface area contributed by atoms with Crippen LogP contribution in [-0.2, 0) is 0 Å². The van der Waals surface area contributed by atoms with Crippen molar-refractivity contribution in [2.75, 3.05) is 5.32 Å². The zero-order valence-electron chi connectivity index (χ0n) is 10.6. The maximum Gasteiger partial charge on any atom is 0.255 e. The number of amides is 1. The molecule has 2 nitrogen and oxygen atoms in total. The molecular formula is C15H13BrINO. The Morgan fingerprint density at radius 2 is 1.74 bits per heavy atom. The van der Waals surface area contributed by atoms with Gasteiger partial charge in [-0.25, -0.2) is 0 Å². The van der Waals surface area contributed by atoms with Crippen molar-refractivity contribution >= 4 is 50.1 Å². The van der Waals surface area contributed by atoms with Crippen molar-refractivity contribution in [1.29, 1.82) is 0 Å². The monoisotopic (exact) mass is 429 g/mol. The number of carbonyl (C=O) groups excluding carboxylic acids is 1. The van der Waals surface area contributed by atoms with E-state index in [-0.39, 0.29) is 5.91 Å². The van der Waals surface area contributed by atoms with Crippen molar-refractivity contribution in [3.05, 3.63) is 61.1 Å². The molecule has 2 rings (SSSR count). The van der Waals surface area contributed by atoms with Crippen LogP contribution in [0.25, 0.3) is 0 Å². The van der Waals surface area contributed by atoms with Crippen LogP contribution in [0.5, 0.6) is 0 Å². The molecule has 0 radical (unpaired) electrons. The predicted octanol–water partition coefficient (Wildman–Crippen LogP) is 4.92. The van der Waals surface area contributed by atoms with Crippen LogP contribution in [0.4, 0.5) is 5.69 Å². The summed E-state index contributed by atoms with van der Waals surface area (Å²) in [5, 5.41) is 2.93. The van der Waals surface area contributed by atoms with Gasteiger partial charge in [-0.2, -0.15) is 0 Å². The molecule has 0 aliphatic heterocycles. The third-order valence-electron chi connectivity index (χ3n) is 2.66. The Labute approximate surface area is 134 Å². The molecule has 0 aliphatic rings. The predicted molar refractivity (Wildman–Crippen MR) is 90.7 cm³/mol. The van der Waals surface area contributed by atoms with Crippen molar-refractivity contribution in [1.82, 2.24) is 0 Å². The molecule has 0 saturated heterocycles. The quantitative estimate of drug-likeness (QED) is 0.674. The van der Waals surface area contributed by atoms with Gasteiger partial charge in [-0.3, -0.25) is 4.79 Å². The smallest absolute Gasteiger partial charge is 0.255 e. The number of aryl methyl sites for hydroxylation is 2. The van der Waals surface area contributed by atoms with Crippen molar-refractivity contribution in [3.63, 3.8) is 0 Å². The summed E-state index contributed by atoms with van der Waals surface area (Å²) < 4.78 is 1.96. The number of nitrogens with one attached hydrogen (secondary N) is 1. The average molecular weight is 430 g/mol. The van der Waals surface area contributed by atoms with Gasteiger partial charge in [0.25, 0.3) is 5.91 Å². The molecule has 0 unspecified atom stereocenters. The highest BCUT2D eigenvalue weighted by molar-refractivity contribution is 14.1. The summed E-state index contributed by atoms with van der Waals surface area (Å²) in [6, 6.07) is 11.7. The van der Waals surface area contributed by atoms with Crippen LogP contribution in [-0.4, -0.2) is 5.91 Å². The fourth-order valence-electron chi connectivity index (χ4n) is 1.89. The summed E-state index contributed by atoms with van der Waals surface area (Å²) in [5.41, 5.74) is 3.65. The lowest BCUT2D eigenvalue weighted by Gasteiger charge is -2.09. The number of hydrogen-bond donors (Lipinski definition) is 1. The molecular weight excluding hydrogens is 417 g/mol. The van der Waals surface area contributed by atoms with E-state index in [1.807, 2.05) is 44.2 Å². The van der Waals surface area contributed by atoms with Gasteiger partial charge in [-0.1, -0.05) is 17.2 Å². The second-order valence-electron chi connectivity index (χ2n) is 4.45. The lowest BCUT2D eigenvalue weighted by molar-refractivity contribution is 0.102. The van der Waals surface area contributed by atoms with Crippen LogP contribution in [0.2, 0.25) is 0 Å². The van der Waals surface area contributed by atoms with Crippen LogP contribution >= 0.6 is 38.5 Å². The largest absolute Gasteiger partial charge is 0.321 e. The molecule has 0 bridgehead atoms. The minimum absolute atomic E-state index is 0.0884. The molecule has 19 heavy (non-hydrogen) atoms. The van der Waals surface area contributed by atoms with E-state index < -0.39 is 0 Å². The minimum Gasteiger partial charge on any atom is -0.321 e. The van der Waals surface area contributed by atoms with Gasteiger partial charge in [0.05, 0.1) is 5.69 Å². The highest BCUT2D eigenvalue weighted by Gasteiger charge is 2.09. The number of rotatable bonds is 2. The highest BCUT2D eigenvalue weighted by Crippen LogP contribution is 2.25. The fourth-order valence-corrected chi connectivity index (χ4v) is 2.73. The zero-order valence-corrected chi connectivity index (χ0v) is 14.4. The molecule has 0 atom stereocenters. The van der Waals surface area contributed by atoms with Gasteiger partial charge in [0.2, 0.25) is 0 Å². The molecule has 1 amide bonds. The number of halogens is 2. The van der Waals surface area contributed by atoms with Crippen LogP contribution in [0.3, 0.4) is 0 Å². The summed E-state index contributed by atoms with van der Waals surface area (Å²) in [6.45, 7) is 3.98. The first-order valence-corrected chi connectivity index (χ1v) is 7.67. The molecule has 0 heterocycles. The average Bonchev–Trinajstić information content (AvgIpc) is 2.32. The molecule has 0 spiro atoms. The van der Waals surface area contributed by atoms with E-state index in [0.717, 1.165) is 24.9 Å². The zero-order chi connectivity index (χ0) is 14.0. The highest BCUT2D eigenvalue weighted by atomic mass is 127. The SMILES string of the molecule is Cc1cc(C)cc(C(=O)Nc2cc(I)ccc2Br)c1. The number of anilines is 1. The first kappa shape index (κ1) is 14.5. The minimum atomic E-state index is -0.0884. The van der Waals surface area contributed by atoms with E-state index in [4.69, 9.17) is 0 Å². The molecule has 0 aliphatic carbocycles. The van der Waals surface area contributed by atoms with E-state index in [2.05, 4.69) is 49.9 Å². The molecule has 0 fully saturated rings. The molecule has 4 heteroatoms. The van der Waals surface area contributed by atoms with Crippen molar-refractivity contribution in [2.45, 2.75) is 13.8 Å². The maximum atomic E-state index is 12.2. The Bertz CT molecular complexity index is 620. The van der Waals surface area contributed by atoms with Crippen molar-refractivity contribution in [3.8, 4) is 0 Å². The Morgan fingerprint density at radius 3 is 2.37 bits per heavy atom. The molecule has 2 aromatic carbocycles. The summed E-state index contributed by atoms with van der Waals surface area (Å²) in [5.74, 6) is -0.0884. The topological polar surface area (TPSA) is 29.1 Å². The van der Waals surface area contributed by atoms with E-state index in [0.29, 0.717) is 5.56 Å². The van der Waals surface area contributed by atoms with Gasteiger partial charge in [-0.15, -0.1) is 0 Å². The Hall–Kier alpha value is -0.880. The first-order valence-electron chi connectivity index (χ1n) is 5.80. The number of benzene rings is 2. The van der Waals surface area contributed by atoms with Gasteiger partial charge >= 0.3 is 0 Å². The Balaban J connectivity index is 2.28. The van der Waals surface area contributed by atoms with Crippen LogP contribution in [0, 0.1) is 17.4 Å². The van der Waals surface area contributed by atoms with Crippen molar-refractivity contribution < 1.29 is 4.79 Å². The Morgan fingerprint density at radius 1 is 1.11 bits per heavy atom. The van der Waals surface area contributed by atoms with Gasteiger partial charge in [0.15, 0.2) is 0 Å². The standard InChI is InChI=1S/C15H13BrINO/c1-9-5-10(2)7-11(6-9)15(19)18-14-8-12(17)3-4-13(14)16/h3-8H,1-2H3,(H,18,19). The molecule has 98 valence electrons. The van der Waals surface area contributed by atoms with Gasteiger partial charge in [0, 0.05) is 13.6 Å². The number of hydrogen-bond acceptors (Lipinski definition) is 1. The van der Waals surface area contributed by atoms with Crippen LogP contribution < -0.4 is 5.32 Å². The van der Waals surface area contributed by atoms with Gasteiger partial charge < -0.3 is 5.32 Å². The van der Waals surface area contributed by atoms with Crippen LogP contribution in [0.15, 0.2) is 40.9 Å². The third kappa shape index (κ3) is 3.79. The lowest BCUT2D eigenvalue weighted by atomic mass is 10.1. The fraction of sp³-hybridized carbons (Fsp3) is 0.133. The van der Waals surface area contributed by atoms with Gasteiger partial charge in [0.1, 0.15) is 0 Å². The molecule has 1 N–H and O–H groups in total. The summed E-state index contributed by atoms with van der Waals surface area (Å²) in [6.07, 6.45) is 0. The second kappa shape index (κ2) is 6.05. The summed E-state index contributed by atoms with van der Waals surface area (Å²) >= 11 is 5.66. The lowest BCUT2D eigenvalue weighted by Crippen LogP contribution is -2.12.